The predicted octanol–water partition coefficient (Wildman–Crippen LogP) is 2.74. The van der Waals surface area contributed by atoms with Gasteiger partial charge in [-0.15, -0.1) is 24.8 Å². The molecule has 0 aromatic carbocycles. The molecule has 2 unspecified atom stereocenters. The van der Waals surface area contributed by atoms with E-state index < -0.39 is 0 Å². The third-order valence-electron chi connectivity index (χ3n) is 6.14. The molecule has 2 atom stereocenters. The van der Waals surface area contributed by atoms with Gasteiger partial charge in [-0.25, -0.2) is 0 Å². The first kappa shape index (κ1) is 21.0. The van der Waals surface area contributed by atoms with Crippen molar-refractivity contribution in [2.24, 2.45) is 5.92 Å². The van der Waals surface area contributed by atoms with E-state index in [2.05, 4.69) is 29.6 Å². The highest BCUT2D eigenvalue weighted by Crippen LogP contribution is 2.34. The molecule has 2 bridgehead atoms. The third-order valence-corrected chi connectivity index (χ3v) is 6.14. The van der Waals surface area contributed by atoms with Crippen LogP contribution in [-0.2, 0) is 4.79 Å². The third kappa shape index (κ3) is 4.97. The summed E-state index contributed by atoms with van der Waals surface area (Å²) in [6.45, 7) is 0.830. The number of piperidine rings is 1. The summed E-state index contributed by atoms with van der Waals surface area (Å²) < 4.78 is 0. The van der Waals surface area contributed by atoms with Gasteiger partial charge in [0.1, 0.15) is 0 Å². The molecule has 6 heteroatoms. The molecule has 1 saturated carbocycles. The average molecular weight is 366 g/mol. The van der Waals surface area contributed by atoms with Crippen LogP contribution < -0.4 is 10.6 Å². The summed E-state index contributed by atoms with van der Waals surface area (Å²) in [4.78, 5) is 14.6. The number of nitrogens with zero attached hydrogens (tertiary/aromatic N) is 1. The number of likely N-dealkylation sites (N-methyl/N-ethyl adjacent to an activating group) is 1. The van der Waals surface area contributed by atoms with Crippen molar-refractivity contribution < 1.29 is 4.79 Å². The van der Waals surface area contributed by atoms with Crippen molar-refractivity contribution in [3.63, 3.8) is 0 Å². The number of rotatable bonds is 5. The number of hydrogen-bond acceptors (Lipinski definition) is 3. The molecule has 1 amide bonds. The first-order valence-electron chi connectivity index (χ1n) is 8.78. The van der Waals surface area contributed by atoms with Crippen LogP contribution in [0.4, 0.5) is 0 Å². The van der Waals surface area contributed by atoms with Gasteiger partial charge in [0.15, 0.2) is 0 Å². The standard InChI is InChI=1S/C17H31N3O.2ClH/c1-20(2)17(7-3-4-8-17)12-18-16(21)11-13-9-14-5-6-15(10-13)19-14;;/h13-15,19H,3-12H2,1-2H3,(H,18,21);2*1H. The maximum Gasteiger partial charge on any atom is 0.220 e. The van der Waals surface area contributed by atoms with Crippen LogP contribution in [-0.4, -0.2) is 49.1 Å². The number of amides is 1. The molecule has 3 fully saturated rings. The largest absolute Gasteiger partial charge is 0.354 e. The minimum atomic E-state index is 0. The van der Waals surface area contributed by atoms with E-state index in [1.54, 1.807) is 0 Å². The zero-order valence-corrected chi connectivity index (χ0v) is 16.1. The van der Waals surface area contributed by atoms with Crippen LogP contribution in [0.2, 0.25) is 0 Å². The van der Waals surface area contributed by atoms with Crippen LogP contribution in [0, 0.1) is 5.92 Å². The lowest BCUT2D eigenvalue weighted by Gasteiger charge is -2.36. The Balaban J connectivity index is 0.00000132. The highest BCUT2D eigenvalue weighted by molar-refractivity contribution is 5.85. The lowest BCUT2D eigenvalue weighted by atomic mass is 9.89. The summed E-state index contributed by atoms with van der Waals surface area (Å²) in [5.41, 5.74) is 0.211. The van der Waals surface area contributed by atoms with Crippen LogP contribution in [0.1, 0.15) is 57.8 Å². The van der Waals surface area contributed by atoms with Crippen LogP contribution in [0.25, 0.3) is 0 Å². The van der Waals surface area contributed by atoms with E-state index in [0.29, 0.717) is 18.0 Å². The summed E-state index contributed by atoms with van der Waals surface area (Å²) in [5.74, 6) is 0.872. The second-order valence-corrected chi connectivity index (χ2v) is 7.78. The van der Waals surface area contributed by atoms with Gasteiger partial charge in [0.25, 0.3) is 0 Å². The first-order valence-corrected chi connectivity index (χ1v) is 8.78. The van der Waals surface area contributed by atoms with Crippen LogP contribution in [0.15, 0.2) is 0 Å². The molecule has 0 aromatic rings. The molecule has 4 nitrogen and oxygen atoms in total. The SMILES string of the molecule is CN(C)C1(CNC(=O)CC2CC3CCC(C2)N3)CCCC1.Cl.Cl. The van der Waals surface area contributed by atoms with E-state index >= 15 is 0 Å². The first-order chi connectivity index (χ1) is 10.1. The van der Waals surface area contributed by atoms with Crippen molar-refractivity contribution in [1.82, 2.24) is 15.5 Å². The fourth-order valence-corrected chi connectivity index (χ4v) is 4.75. The molecule has 3 rings (SSSR count). The second kappa shape index (κ2) is 8.89. The second-order valence-electron chi connectivity index (χ2n) is 7.78. The summed E-state index contributed by atoms with van der Waals surface area (Å²) >= 11 is 0. The Morgan fingerprint density at radius 1 is 1.13 bits per heavy atom. The lowest BCUT2D eigenvalue weighted by Crippen LogP contribution is -2.51. The van der Waals surface area contributed by atoms with Gasteiger partial charge in [0, 0.05) is 30.6 Å². The predicted molar refractivity (Wildman–Crippen MR) is 99.7 cm³/mol. The molecule has 0 aromatic heterocycles. The Labute approximate surface area is 153 Å². The summed E-state index contributed by atoms with van der Waals surface area (Å²) in [5, 5.41) is 6.90. The van der Waals surface area contributed by atoms with E-state index in [4.69, 9.17) is 0 Å². The molecular weight excluding hydrogens is 333 g/mol. The van der Waals surface area contributed by atoms with Gasteiger partial charge in [-0.1, -0.05) is 12.8 Å². The highest BCUT2D eigenvalue weighted by atomic mass is 35.5. The summed E-state index contributed by atoms with van der Waals surface area (Å²) in [6, 6.07) is 1.37. The van der Waals surface area contributed by atoms with E-state index in [1.165, 1.54) is 51.4 Å². The quantitative estimate of drug-likeness (QED) is 0.787. The van der Waals surface area contributed by atoms with Crippen molar-refractivity contribution in [3.05, 3.63) is 0 Å². The van der Waals surface area contributed by atoms with E-state index in [9.17, 15) is 4.79 Å². The van der Waals surface area contributed by atoms with Crippen LogP contribution >= 0.6 is 24.8 Å². The van der Waals surface area contributed by atoms with Gasteiger partial charge in [0.2, 0.25) is 5.91 Å². The van der Waals surface area contributed by atoms with Crippen molar-refractivity contribution >= 4 is 30.7 Å². The van der Waals surface area contributed by atoms with Gasteiger partial charge in [-0.2, -0.15) is 0 Å². The lowest BCUT2D eigenvalue weighted by molar-refractivity contribution is -0.122. The molecular formula is C17H33Cl2N3O. The number of hydrogen-bond donors (Lipinski definition) is 2. The molecule has 1 aliphatic carbocycles. The normalized spacial score (nSPS) is 31.3. The van der Waals surface area contributed by atoms with Gasteiger partial charge in [-0.3, -0.25) is 4.79 Å². The van der Waals surface area contributed by atoms with E-state index in [1.807, 2.05) is 0 Å². The fraction of sp³-hybridized carbons (Fsp3) is 0.941. The van der Waals surface area contributed by atoms with Crippen LogP contribution in [0.3, 0.4) is 0 Å². The van der Waals surface area contributed by atoms with Crippen LogP contribution in [0.5, 0.6) is 0 Å². The number of halogens is 2. The number of nitrogens with one attached hydrogen (secondary N) is 2. The monoisotopic (exact) mass is 365 g/mol. The Bertz CT molecular complexity index is 374. The Hall–Kier alpha value is -0.0300. The molecule has 2 N–H and O–H groups in total. The van der Waals surface area contributed by atoms with Gasteiger partial charge >= 0.3 is 0 Å². The van der Waals surface area contributed by atoms with E-state index in [0.717, 1.165) is 13.0 Å². The molecule has 0 spiro atoms. The van der Waals surface area contributed by atoms with E-state index in [-0.39, 0.29) is 36.3 Å². The maximum absolute atomic E-state index is 12.3. The maximum atomic E-state index is 12.3. The minimum absolute atomic E-state index is 0. The Kier molecular flexibility index (Phi) is 8.12. The molecule has 0 radical (unpaired) electrons. The van der Waals surface area contributed by atoms with Crippen molar-refractivity contribution in [2.75, 3.05) is 20.6 Å². The highest BCUT2D eigenvalue weighted by Gasteiger charge is 2.37. The Morgan fingerprint density at radius 3 is 2.22 bits per heavy atom. The zero-order chi connectivity index (χ0) is 14.9. The number of carbonyl (C=O) groups is 1. The summed E-state index contributed by atoms with van der Waals surface area (Å²) in [6.07, 6.45) is 10.8. The summed E-state index contributed by atoms with van der Waals surface area (Å²) in [7, 11) is 4.31. The van der Waals surface area contributed by atoms with Gasteiger partial charge < -0.3 is 15.5 Å². The molecule has 23 heavy (non-hydrogen) atoms. The van der Waals surface area contributed by atoms with Crippen molar-refractivity contribution in [2.45, 2.75) is 75.4 Å². The van der Waals surface area contributed by atoms with Gasteiger partial charge in [0.05, 0.1) is 0 Å². The molecule has 3 aliphatic rings. The fourth-order valence-electron chi connectivity index (χ4n) is 4.75. The number of carbonyl (C=O) groups excluding carboxylic acids is 1. The number of fused-ring (bicyclic) bond motifs is 2. The van der Waals surface area contributed by atoms with Crippen molar-refractivity contribution in [1.29, 1.82) is 0 Å². The average Bonchev–Trinajstić information content (AvgIpc) is 3.04. The topological polar surface area (TPSA) is 44.4 Å². The molecule has 2 heterocycles. The smallest absolute Gasteiger partial charge is 0.220 e. The molecule has 136 valence electrons. The zero-order valence-electron chi connectivity index (χ0n) is 14.5. The van der Waals surface area contributed by atoms with Crippen molar-refractivity contribution in [3.8, 4) is 0 Å². The Morgan fingerprint density at radius 2 is 1.70 bits per heavy atom. The minimum Gasteiger partial charge on any atom is -0.354 e. The van der Waals surface area contributed by atoms with Gasteiger partial charge in [-0.05, 0) is 58.5 Å². The molecule has 2 aliphatic heterocycles. The molecule has 2 saturated heterocycles.